The Labute approximate surface area is 163 Å². The van der Waals surface area contributed by atoms with Gasteiger partial charge in [0.05, 0.1) is 17.1 Å². The second kappa shape index (κ2) is 7.11. The number of hydrogen-bond donors (Lipinski definition) is 0. The molecular formula is C20H19BrF3N3. The van der Waals surface area contributed by atoms with E-state index in [1.165, 1.54) is 13.0 Å². The van der Waals surface area contributed by atoms with Crippen molar-refractivity contribution in [2.45, 2.75) is 33.0 Å². The Morgan fingerprint density at radius 2 is 1.85 bits per heavy atom. The summed E-state index contributed by atoms with van der Waals surface area (Å²) in [5, 5.41) is 0.842. The van der Waals surface area contributed by atoms with Crippen LogP contribution in [0, 0.1) is 13.8 Å². The van der Waals surface area contributed by atoms with E-state index in [9.17, 15) is 13.2 Å². The molecule has 0 amide bonds. The van der Waals surface area contributed by atoms with Crippen molar-refractivity contribution in [2.24, 2.45) is 12.0 Å². The topological polar surface area (TPSA) is 30.2 Å². The van der Waals surface area contributed by atoms with Crippen molar-refractivity contribution in [2.75, 3.05) is 0 Å². The Kier molecular flexibility index (Phi) is 5.16. The predicted molar refractivity (Wildman–Crippen MR) is 103 cm³/mol. The van der Waals surface area contributed by atoms with Crippen molar-refractivity contribution >= 4 is 26.8 Å². The molecule has 0 bridgehead atoms. The molecule has 142 valence electrons. The number of alkyl halides is 3. The highest BCUT2D eigenvalue weighted by molar-refractivity contribution is 9.10. The van der Waals surface area contributed by atoms with Crippen molar-refractivity contribution < 1.29 is 13.2 Å². The van der Waals surface area contributed by atoms with Gasteiger partial charge in [0.15, 0.2) is 5.49 Å². The molecule has 27 heavy (non-hydrogen) atoms. The molecular weight excluding hydrogens is 419 g/mol. The smallest absolute Gasteiger partial charge is 0.332 e. The maximum Gasteiger partial charge on any atom is 0.416 e. The first-order chi connectivity index (χ1) is 12.6. The quantitative estimate of drug-likeness (QED) is 0.510. The molecule has 0 saturated heterocycles. The first-order valence-electron chi connectivity index (χ1n) is 8.43. The fourth-order valence-corrected chi connectivity index (χ4v) is 3.57. The van der Waals surface area contributed by atoms with Gasteiger partial charge in [0.1, 0.15) is 5.82 Å². The lowest BCUT2D eigenvalue weighted by Gasteiger charge is -2.16. The van der Waals surface area contributed by atoms with Crippen LogP contribution in [0.4, 0.5) is 13.2 Å². The Morgan fingerprint density at radius 3 is 2.52 bits per heavy atom. The molecule has 0 aliphatic rings. The van der Waals surface area contributed by atoms with Crippen molar-refractivity contribution in [1.82, 2.24) is 9.55 Å². The lowest BCUT2D eigenvalue weighted by Crippen LogP contribution is -2.18. The highest BCUT2D eigenvalue weighted by Crippen LogP contribution is 2.35. The average Bonchev–Trinajstić information content (AvgIpc) is 2.58. The molecule has 0 aliphatic carbocycles. The highest BCUT2D eigenvalue weighted by Gasteiger charge is 2.33. The monoisotopic (exact) mass is 437 g/mol. The van der Waals surface area contributed by atoms with Gasteiger partial charge in [0, 0.05) is 16.9 Å². The van der Waals surface area contributed by atoms with Crippen LogP contribution in [-0.2, 0) is 13.2 Å². The van der Waals surface area contributed by atoms with Crippen LogP contribution in [0.2, 0.25) is 0 Å². The van der Waals surface area contributed by atoms with Gasteiger partial charge in [0.25, 0.3) is 0 Å². The van der Waals surface area contributed by atoms with Crippen LogP contribution in [-0.4, -0.2) is 9.55 Å². The van der Waals surface area contributed by atoms with Crippen LogP contribution in [0.25, 0.3) is 10.9 Å². The Bertz CT molecular complexity index is 1080. The van der Waals surface area contributed by atoms with E-state index in [-0.39, 0.29) is 5.56 Å². The largest absolute Gasteiger partial charge is 0.416 e. The van der Waals surface area contributed by atoms with Crippen molar-refractivity contribution in [3.05, 3.63) is 68.9 Å². The van der Waals surface area contributed by atoms with Crippen LogP contribution in [0.15, 0.2) is 45.9 Å². The van der Waals surface area contributed by atoms with Crippen molar-refractivity contribution in [3.63, 3.8) is 0 Å². The Hall–Kier alpha value is -2.15. The van der Waals surface area contributed by atoms with Gasteiger partial charge in [-0.05, 0) is 56.2 Å². The fourth-order valence-electron chi connectivity index (χ4n) is 3.21. The Morgan fingerprint density at radius 1 is 1.15 bits per heavy atom. The van der Waals surface area contributed by atoms with Crippen LogP contribution >= 0.6 is 15.9 Å². The van der Waals surface area contributed by atoms with E-state index >= 15 is 0 Å². The summed E-state index contributed by atoms with van der Waals surface area (Å²) in [6.07, 6.45) is -4.38. The van der Waals surface area contributed by atoms with Crippen molar-refractivity contribution in [3.8, 4) is 0 Å². The SMILES string of the molecule is Cc1c(C(C)N=c2nc(C)n(C)c3ccc(Br)cc23)cccc1C(F)(F)F. The second-order valence-electron chi connectivity index (χ2n) is 6.53. The Balaban J connectivity index is 2.21. The lowest BCUT2D eigenvalue weighted by atomic mass is 9.97. The summed E-state index contributed by atoms with van der Waals surface area (Å²) in [5.74, 6) is 0.775. The zero-order valence-corrected chi connectivity index (χ0v) is 17.0. The molecule has 3 nitrogen and oxygen atoms in total. The van der Waals surface area contributed by atoms with Crippen molar-refractivity contribution in [1.29, 1.82) is 0 Å². The number of aryl methyl sites for hydroxylation is 2. The molecule has 2 aromatic carbocycles. The molecule has 7 heteroatoms. The number of rotatable bonds is 2. The molecule has 1 atom stereocenters. The van der Waals surface area contributed by atoms with Gasteiger partial charge in [-0.2, -0.15) is 13.2 Å². The summed E-state index contributed by atoms with van der Waals surface area (Å²) in [6, 6.07) is 9.57. The number of nitrogens with zero attached hydrogens (tertiary/aromatic N) is 3. The first kappa shape index (κ1) is 19.6. The summed E-state index contributed by atoms with van der Waals surface area (Å²) in [5.41, 5.74) is 1.59. The molecule has 0 aliphatic heterocycles. The molecule has 3 aromatic rings. The standard InChI is InChI=1S/C20H19BrF3N3/c1-11-15(6-5-7-17(11)20(22,23)24)12(2)25-19-16-10-14(21)8-9-18(16)27(4)13(3)26-19/h5-10,12H,1-4H3. The summed E-state index contributed by atoms with van der Waals surface area (Å²) >= 11 is 3.46. The minimum Gasteiger partial charge on any atom is -0.332 e. The normalized spacial score (nSPS) is 14.0. The van der Waals surface area contributed by atoms with Gasteiger partial charge >= 0.3 is 6.18 Å². The van der Waals surface area contributed by atoms with E-state index in [1.807, 2.05) is 36.7 Å². The minimum absolute atomic E-state index is 0.199. The molecule has 1 heterocycles. The molecule has 0 fully saturated rings. The van der Waals surface area contributed by atoms with Gasteiger partial charge in [-0.25, -0.2) is 4.98 Å². The van der Waals surface area contributed by atoms with Gasteiger partial charge in [0.2, 0.25) is 0 Å². The summed E-state index contributed by atoms with van der Waals surface area (Å²) < 4.78 is 42.5. The molecule has 0 spiro atoms. The second-order valence-corrected chi connectivity index (χ2v) is 7.44. The fraction of sp³-hybridized carbons (Fsp3) is 0.300. The van der Waals surface area contributed by atoms with E-state index in [0.29, 0.717) is 11.1 Å². The third-order valence-electron chi connectivity index (χ3n) is 4.76. The molecule has 1 aromatic heterocycles. The maximum atomic E-state index is 13.2. The van der Waals surface area contributed by atoms with Crippen LogP contribution in [0.3, 0.4) is 0 Å². The average molecular weight is 438 g/mol. The third-order valence-corrected chi connectivity index (χ3v) is 5.25. The zero-order chi connectivity index (χ0) is 19.9. The number of hydrogen-bond acceptors (Lipinski definition) is 2. The number of aromatic nitrogens is 2. The van der Waals surface area contributed by atoms with E-state index in [1.54, 1.807) is 13.0 Å². The molecule has 0 N–H and O–H groups in total. The first-order valence-corrected chi connectivity index (χ1v) is 9.22. The van der Waals surface area contributed by atoms with Gasteiger partial charge in [-0.15, -0.1) is 0 Å². The lowest BCUT2D eigenvalue weighted by molar-refractivity contribution is -0.138. The van der Waals surface area contributed by atoms with Gasteiger partial charge in [-0.3, -0.25) is 4.99 Å². The van der Waals surface area contributed by atoms with E-state index in [0.717, 1.165) is 27.3 Å². The third kappa shape index (κ3) is 3.78. The number of halogens is 4. The zero-order valence-electron chi connectivity index (χ0n) is 15.4. The van der Waals surface area contributed by atoms with Gasteiger partial charge in [-0.1, -0.05) is 28.1 Å². The molecule has 0 saturated carbocycles. The van der Waals surface area contributed by atoms with Gasteiger partial charge < -0.3 is 4.57 Å². The maximum absolute atomic E-state index is 13.2. The summed E-state index contributed by atoms with van der Waals surface area (Å²) in [4.78, 5) is 9.23. The van der Waals surface area contributed by atoms with Crippen LogP contribution < -0.4 is 5.49 Å². The molecule has 0 radical (unpaired) electrons. The van der Waals surface area contributed by atoms with E-state index < -0.39 is 17.8 Å². The van der Waals surface area contributed by atoms with Crippen LogP contribution in [0.1, 0.15) is 35.5 Å². The summed E-state index contributed by atoms with van der Waals surface area (Å²) in [6.45, 7) is 5.15. The number of benzene rings is 2. The number of fused-ring (bicyclic) bond motifs is 1. The minimum atomic E-state index is -4.38. The molecule has 3 rings (SSSR count). The van der Waals surface area contributed by atoms with E-state index in [4.69, 9.17) is 0 Å². The predicted octanol–water partition coefficient (Wildman–Crippen LogP) is 5.63. The van der Waals surface area contributed by atoms with E-state index in [2.05, 4.69) is 25.9 Å². The highest BCUT2D eigenvalue weighted by atomic mass is 79.9. The van der Waals surface area contributed by atoms with Crippen LogP contribution in [0.5, 0.6) is 0 Å². The summed E-state index contributed by atoms with van der Waals surface area (Å²) in [7, 11) is 1.92. The molecule has 1 unspecified atom stereocenters.